The van der Waals surface area contributed by atoms with Crippen LogP contribution in [0.25, 0.3) is 0 Å². The zero-order valence-corrected chi connectivity index (χ0v) is 16.2. The Morgan fingerprint density at radius 3 is 2.52 bits per heavy atom. The Morgan fingerprint density at radius 2 is 1.85 bits per heavy atom. The van der Waals surface area contributed by atoms with Crippen molar-refractivity contribution in [3.8, 4) is 0 Å². The van der Waals surface area contributed by atoms with Crippen LogP contribution in [0.3, 0.4) is 0 Å². The highest BCUT2D eigenvalue weighted by Crippen LogP contribution is 2.08. The molecule has 1 fully saturated rings. The SMILES string of the molecule is C[C@H](O/N=C\c1ccc(Cl)cc1)C(=O)N1CC[NH+](Cc2ccccc2)CC1. The highest BCUT2D eigenvalue weighted by atomic mass is 35.5. The number of quaternary nitrogens is 1. The van der Waals surface area contributed by atoms with Crippen LogP contribution >= 0.6 is 11.6 Å². The molecule has 0 spiro atoms. The van der Waals surface area contributed by atoms with Crippen LogP contribution in [0.5, 0.6) is 0 Å². The molecule has 1 N–H and O–H groups in total. The first-order valence-corrected chi connectivity index (χ1v) is 9.60. The summed E-state index contributed by atoms with van der Waals surface area (Å²) >= 11 is 5.85. The second-order valence-corrected chi connectivity index (χ2v) is 7.21. The van der Waals surface area contributed by atoms with Crippen molar-refractivity contribution in [3.05, 3.63) is 70.7 Å². The fourth-order valence-electron chi connectivity index (χ4n) is 3.14. The first kappa shape index (κ1) is 19.4. The molecule has 5 nitrogen and oxygen atoms in total. The Hall–Kier alpha value is -2.37. The number of oxime groups is 1. The van der Waals surface area contributed by atoms with E-state index in [0.29, 0.717) is 5.02 Å². The van der Waals surface area contributed by atoms with Crippen molar-refractivity contribution < 1.29 is 14.5 Å². The van der Waals surface area contributed by atoms with Gasteiger partial charge in [-0.15, -0.1) is 0 Å². The summed E-state index contributed by atoms with van der Waals surface area (Å²) in [7, 11) is 0. The summed E-state index contributed by atoms with van der Waals surface area (Å²) in [6.07, 6.45) is 0.992. The third kappa shape index (κ3) is 5.81. The summed E-state index contributed by atoms with van der Waals surface area (Å²) in [5.41, 5.74) is 2.21. The van der Waals surface area contributed by atoms with Crippen LogP contribution in [-0.4, -0.2) is 49.3 Å². The standard InChI is InChI=1S/C21H24ClN3O2/c1-17(27-23-15-18-7-9-20(22)10-8-18)21(26)25-13-11-24(12-14-25)16-19-5-3-2-4-6-19/h2-10,15,17H,11-14,16H2,1H3/p+1/b23-15-/t17-/m0/s1. The van der Waals surface area contributed by atoms with Crippen LogP contribution in [0.2, 0.25) is 5.02 Å². The van der Waals surface area contributed by atoms with Crippen molar-refractivity contribution >= 4 is 23.7 Å². The Morgan fingerprint density at radius 1 is 1.19 bits per heavy atom. The lowest BCUT2D eigenvalue weighted by atomic mass is 10.2. The largest absolute Gasteiger partial charge is 0.383 e. The molecule has 0 unspecified atom stereocenters. The van der Waals surface area contributed by atoms with Gasteiger partial charge in [-0.05, 0) is 24.6 Å². The molecule has 0 aromatic heterocycles. The van der Waals surface area contributed by atoms with Gasteiger partial charge in [0.2, 0.25) is 6.10 Å². The van der Waals surface area contributed by atoms with E-state index in [9.17, 15) is 4.79 Å². The maximum atomic E-state index is 12.6. The number of carbonyl (C=O) groups is 1. The van der Waals surface area contributed by atoms with E-state index >= 15 is 0 Å². The molecule has 3 rings (SSSR count). The van der Waals surface area contributed by atoms with Crippen LogP contribution in [0.4, 0.5) is 0 Å². The summed E-state index contributed by atoms with van der Waals surface area (Å²) < 4.78 is 0. The highest BCUT2D eigenvalue weighted by Gasteiger charge is 2.27. The maximum Gasteiger partial charge on any atom is 0.266 e. The first-order valence-electron chi connectivity index (χ1n) is 9.23. The summed E-state index contributed by atoms with van der Waals surface area (Å²) in [5.74, 6) is -0.0120. The number of nitrogens with zero attached hydrogens (tertiary/aromatic N) is 2. The molecule has 0 bridgehead atoms. The molecular formula is C21H25ClN3O2+. The summed E-state index contributed by atoms with van der Waals surface area (Å²) in [5, 5.41) is 4.61. The third-order valence-corrected chi connectivity index (χ3v) is 4.97. The van der Waals surface area contributed by atoms with Crippen molar-refractivity contribution in [1.82, 2.24) is 4.90 Å². The lowest BCUT2D eigenvalue weighted by Crippen LogP contribution is -3.13. The predicted octanol–water partition coefficient (Wildman–Crippen LogP) is 2.01. The molecule has 0 saturated carbocycles. The van der Waals surface area contributed by atoms with E-state index in [0.717, 1.165) is 38.3 Å². The lowest BCUT2D eigenvalue weighted by molar-refractivity contribution is -0.917. The predicted molar refractivity (Wildman–Crippen MR) is 107 cm³/mol. The van der Waals surface area contributed by atoms with Gasteiger partial charge in [0.1, 0.15) is 6.54 Å². The molecule has 2 aromatic carbocycles. The normalized spacial score (nSPS) is 16.4. The molecule has 1 atom stereocenters. The molecule has 2 aromatic rings. The molecular weight excluding hydrogens is 362 g/mol. The fourth-order valence-corrected chi connectivity index (χ4v) is 3.26. The minimum absolute atomic E-state index is 0.0120. The van der Waals surface area contributed by atoms with E-state index in [1.165, 1.54) is 10.5 Å². The first-order chi connectivity index (χ1) is 13.1. The monoisotopic (exact) mass is 386 g/mol. The number of hydrogen-bond donors (Lipinski definition) is 1. The maximum absolute atomic E-state index is 12.6. The van der Waals surface area contributed by atoms with Gasteiger partial charge < -0.3 is 14.6 Å². The molecule has 1 amide bonds. The van der Waals surface area contributed by atoms with Crippen LogP contribution in [0.1, 0.15) is 18.1 Å². The van der Waals surface area contributed by atoms with Gasteiger partial charge in [0, 0.05) is 10.6 Å². The van der Waals surface area contributed by atoms with Gasteiger partial charge in [-0.25, -0.2) is 0 Å². The van der Waals surface area contributed by atoms with Crippen LogP contribution in [-0.2, 0) is 16.2 Å². The van der Waals surface area contributed by atoms with Gasteiger partial charge >= 0.3 is 0 Å². The Bertz CT molecular complexity index is 757. The van der Waals surface area contributed by atoms with Crippen LogP contribution in [0, 0.1) is 0 Å². The number of rotatable bonds is 6. The van der Waals surface area contributed by atoms with E-state index in [2.05, 4.69) is 29.4 Å². The molecule has 142 valence electrons. The van der Waals surface area contributed by atoms with Crippen molar-refractivity contribution in [1.29, 1.82) is 0 Å². The van der Waals surface area contributed by atoms with Crippen molar-refractivity contribution in [2.45, 2.75) is 19.6 Å². The Balaban J connectivity index is 1.43. The van der Waals surface area contributed by atoms with Gasteiger partial charge in [0.15, 0.2) is 0 Å². The number of nitrogens with one attached hydrogen (secondary N) is 1. The van der Waals surface area contributed by atoms with Crippen LogP contribution in [0.15, 0.2) is 59.8 Å². The van der Waals surface area contributed by atoms with E-state index in [4.69, 9.17) is 16.4 Å². The Kier molecular flexibility index (Phi) is 6.85. The summed E-state index contributed by atoms with van der Waals surface area (Å²) in [6, 6.07) is 17.7. The second-order valence-electron chi connectivity index (χ2n) is 6.77. The molecule has 1 aliphatic rings. The highest BCUT2D eigenvalue weighted by molar-refractivity contribution is 6.30. The van der Waals surface area contributed by atoms with Gasteiger partial charge in [-0.3, -0.25) is 4.79 Å². The lowest BCUT2D eigenvalue weighted by Gasteiger charge is -2.33. The molecule has 0 radical (unpaired) electrons. The van der Waals surface area contributed by atoms with Gasteiger partial charge in [0.25, 0.3) is 5.91 Å². The van der Waals surface area contributed by atoms with Crippen LogP contribution < -0.4 is 4.90 Å². The Labute approximate surface area is 165 Å². The topological polar surface area (TPSA) is 46.3 Å². The molecule has 27 heavy (non-hydrogen) atoms. The number of benzene rings is 2. The zero-order valence-electron chi connectivity index (χ0n) is 15.5. The molecule has 1 saturated heterocycles. The van der Waals surface area contributed by atoms with E-state index in [1.54, 1.807) is 25.3 Å². The smallest absolute Gasteiger partial charge is 0.266 e. The average molecular weight is 387 g/mol. The van der Waals surface area contributed by atoms with Crippen molar-refractivity contribution in [3.63, 3.8) is 0 Å². The zero-order chi connectivity index (χ0) is 19.1. The molecule has 1 heterocycles. The summed E-state index contributed by atoms with van der Waals surface area (Å²) in [4.78, 5) is 21.3. The number of amides is 1. The number of carbonyl (C=O) groups excluding carboxylic acids is 1. The molecule has 0 aliphatic carbocycles. The number of halogens is 1. The van der Waals surface area contributed by atoms with Gasteiger partial charge in [-0.1, -0.05) is 59.2 Å². The minimum atomic E-state index is -0.593. The van der Waals surface area contributed by atoms with Gasteiger partial charge in [-0.2, -0.15) is 0 Å². The van der Waals surface area contributed by atoms with E-state index < -0.39 is 6.10 Å². The third-order valence-electron chi connectivity index (χ3n) is 4.72. The minimum Gasteiger partial charge on any atom is -0.383 e. The van der Waals surface area contributed by atoms with E-state index in [1.807, 2.05) is 23.1 Å². The molecule has 6 heteroatoms. The van der Waals surface area contributed by atoms with Gasteiger partial charge in [0.05, 0.1) is 32.4 Å². The quantitative estimate of drug-likeness (QED) is 0.609. The molecule has 1 aliphatic heterocycles. The van der Waals surface area contributed by atoms with Crippen molar-refractivity contribution in [2.24, 2.45) is 5.16 Å². The summed E-state index contributed by atoms with van der Waals surface area (Å²) in [6.45, 7) is 6.12. The average Bonchev–Trinajstić information content (AvgIpc) is 2.70. The number of hydrogen-bond acceptors (Lipinski definition) is 3. The van der Waals surface area contributed by atoms with Crippen molar-refractivity contribution in [2.75, 3.05) is 26.2 Å². The fraction of sp³-hybridized carbons (Fsp3) is 0.333. The van der Waals surface area contributed by atoms with E-state index in [-0.39, 0.29) is 5.91 Å². The second kappa shape index (κ2) is 9.53. The number of piperazine rings is 1.